The summed E-state index contributed by atoms with van der Waals surface area (Å²) in [6.07, 6.45) is 3.16. The van der Waals surface area contributed by atoms with Gasteiger partial charge in [-0.3, -0.25) is 9.59 Å². The van der Waals surface area contributed by atoms with E-state index in [1.54, 1.807) is 24.9 Å². The second-order valence-corrected chi connectivity index (χ2v) is 6.77. The number of alkyl halides is 1. The van der Waals surface area contributed by atoms with E-state index in [-0.39, 0.29) is 15.9 Å². The zero-order valence-corrected chi connectivity index (χ0v) is 14.9. The van der Waals surface area contributed by atoms with Crippen LogP contribution >= 0.6 is 27.7 Å². The molecule has 20 heavy (non-hydrogen) atoms. The minimum atomic E-state index is 0.0764. The molecule has 1 rings (SSSR count). The van der Waals surface area contributed by atoms with Crippen LogP contribution in [0.4, 0.5) is 0 Å². The summed E-state index contributed by atoms with van der Waals surface area (Å²) in [5, 5.41) is 0.0788. The van der Waals surface area contributed by atoms with Crippen LogP contribution in [0, 0.1) is 0 Å². The molecule has 0 fully saturated rings. The molecule has 0 aliphatic heterocycles. The van der Waals surface area contributed by atoms with Crippen LogP contribution in [0.2, 0.25) is 0 Å². The van der Waals surface area contributed by atoms with Crippen LogP contribution in [0.25, 0.3) is 0 Å². The van der Waals surface area contributed by atoms with Crippen molar-refractivity contribution in [1.29, 1.82) is 0 Å². The topological polar surface area (TPSA) is 47.3 Å². The van der Waals surface area contributed by atoms with Crippen molar-refractivity contribution in [3.8, 4) is 0 Å². The quantitative estimate of drug-likeness (QED) is 0.663. The van der Waals surface area contributed by atoms with E-state index in [0.29, 0.717) is 12.2 Å². The van der Waals surface area contributed by atoms with Crippen LogP contribution in [0.15, 0.2) is 22.8 Å². The second kappa shape index (κ2) is 11.1. The molecule has 1 aromatic rings. The van der Waals surface area contributed by atoms with Gasteiger partial charge in [-0.05, 0) is 32.4 Å². The minimum Gasteiger partial charge on any atom is -0.468 e. The lowest BCUT2D eigenvalue weighted by molar-refractivity contribution is -0.118. The van der Waals surface area contributed by atoms with E-state index in [1.165, 1.54) is 0 Å². The molecule has 1 heterocycles. The molecule has 0 saturated heterocycles. The Bertz CT molecular complexity index is 390. The number of carbonyl (C=O) groups is 2. The van der Waals surface area contributed by atoms with Gasteiger partial charge in [0, 0.05) is 6.42 Å². The van der Waals surface area contributed by atoms with Crippen molar-refractivity contribution in [2.45, 2.75) is 56.4 Å². The first-order chi connectivity index (χ1) is 9.42. The summed E-state index contributed by atoms with van der Waals surface area (Å²) in [5.74, 6) is 2.22. The maximum Gasteiger partial charge on any atom is 0.145 e. The fourth-order valence-corrected chi connectivity index (χ4v) is 2.20. The Morgan fingerprint density at radius 3 is 2.40 bits per heavy atom. The van der Waals surface area contributed by atoms with E-state index in [1.807, 2.05) is 32.9 Å². The molecular formula is C15H23BrO3S. The summed E-state index contributed by atoms with van der Waals surface area (Å²) >= 11 is 4.82. The van der Waals surface area contributed by atoms with Crippen LogP contribution in [0.3, 0.4) is 0 Å². The molecule has 5 heteroatoms. The van der Waals surface area contributed by atoms with Crippen molar-refractivity contribution >= 4 is 39.3 Å². The van der Waals surface area contributed by atoms with Gasteiger partial charge >= 0.3 is 0 Å². The van der Waals surface area contributed by atoms with Crippen LogP contribution in [0.5, 0.6) is 0 Å². The largest absolute Gasteiger partial charge is 0.468 e. The number of furan rings is 1. The first-order valence-electron chi connectivity index (χ1n) is 6.73. The lowest BCUT2D eigenvalue weighted by Gasteiger charge is -2.06. The Balaban J connectivity index is 0.000000441. The monoisotopic (exact) mass is 362 g/mol. The third-order valence-electron chi connectivity index (χ3n) is 2.66. The standard InChI is InChI=1S/C10H14O2S.C5H9BrO/c1-3-10(11)8(2)13-7-9-5-4-6-12-9;1-3-5(6)4(2)7/h4-6,8H,3,7H2,1-2H3;5H,3H2,1-2H3. The Hall–Kier alpha value is -0.550. The van der Waals surface area contributed by atoms with Gasteiger partial charge in [-0.1, -0.05) is 29.8 Å². The van der Waals surface area contributed by atoms with Crippen molar-refractivity contribution in [1.82, 2.24) is 0 Å². The average Bonchev–Trinajstić information content (AvgIpc) is 2.96. The van der Waals surface area contributed by atoms with E-state index in [0.717, 1.165) is 17.9 Å². The number of rotatable bonds is 7. The van der Waals surface area contributed by atoms with E-state index in [4.69, 9.17) is 4.42 Å². The van der Waals surface area contributed by atoms with Gasteiger partial charge in [-0.25, -0.2) is 0 Å². The van der Waals surface area contributed by atoms with Crippen molar-refractivity contribution in [3.63, 3.8) is 0 Å². The number of carbonyl (C=O) groups excluding carboxylic acids is 2. The van der Waals surface area contributed by atoms with Crippen molar-refractivity contribution in [2.24, 2.45) is 0 Å². The van der Waals surface area contributed by atoms with Gasteiger partial charge in [0.05, 0.1) is 22.1 Å². The maximum atomic E-state index is 11.2. The third-order valence-corrected chi connectivity index (χ3v) is 5.16. The fraction of sp³-hybridized carbons (Fsp3) is 0.600. The smallest absolute Gasteiger partial charge is 0.145 e. The number of hydrogen-bond donors (Lipinski definition) is 0. The summed E-state index contributed by atoms with van der Waals surface area (Å²) in [4.78, 5) is 21.6. The van der Waals surface area contributed by atoms with Gasteiger partial charge in [0.15, 0.2) is 0 Å². The van der Waals surface area contributed by atoms with Crippen LogP contribution in [-0.2, 0) is 15.3 Å². The third kappa shape index (κ3) is 8.59. The Morgan fingerprint density at radius 2 is 2.05 bits per heavy atom. The normalized spacial score (nSPS) is 13.1. The highest BCUT2D eigenvalue weighted by molar-refractivity contribution is 9.10. The van der Waals surface area contributed by atoms with E-state index >= 15 is 0 Å². The second-order valence-electron chi connectivity index (χ2n) is 4.34. The number of thioether (sulfide) groups is 1. The molecule has 0 aliphatic rings. The summed E-state index contributed by atoms with van der Waals surface area (Å²) < 4.78 is 5.17. The molecule has 1 aromatic heterocycles. The summed E-state index contributed by atoms with van der Waals surface area (Å²) in [6, 6.07) is 3.79. The number of halogens is 1. The maximum absolute atomic E-state index is 11.2. The van der Waals surface area contributed by atoms with Gasteiger partial charge in [0.25, 0.3) is 0 Å². The molecule has 3 nitrogen and oxygen atoms in total. The summed E-state index contributed by atoms with van der Waals surface area (Å²) in [7, 11) is 0. The predicted molar refractivity (Wildman–Crippen MR) is 88.5 cm³/mol. The lowest BCUT2D eigenvalue weighted by Crippen LogP contribution is -2.11. The van der Waals surface area contributed by atoms with E-state index in [9.17, 15) is 9.59 Å². The molecule has 0 saturated carbocycles. The minimum absolute atomic E-state index is 0.0764. The molecule has 0 bridgehead atoms. The molecular weight excluding hydrogens is 340 g/mol. The summed E-state index contributed by atoms with van der Waals surface area (Å²) in [6.45, 7) is 7.40. The van der Waals surface area contributed by atoms with Crippen LogP contribution < -0.4 is 0 Å². The number of Topliss-reactive ketones (excluding diaryl/α,β-unsaturated/α-hetero) is 2. The molecule has 114 valence electrons. The molecule has 0 N–H and O–H groups in total. The SMILES string of the molecule is CCC(=O)C(C)SCc1ccco1.CCC(Br)C(C)=O. The Morgan fingerprint density at radius 1 is 1.40 bits per heavy atom. The van der Waals surface area contributed by atoms with Gasteiger partial charge in [0.1, 0.15) is 17.3 Å². The highest BCUT2D eigenvalue weighted by Gasteiger charge is 2.11. The average molecular weight is 363 g/mol. The molecule has 0 radical (unpaired) electrons. The first-order valence-corrected chi connectivity index (χ1v) is 8.69. The van der Waals surface area contributed by atoms with Gasteiger partial charge in [-0.2, -0.15) is 0 Å². The van der Waals surface area contributed by atoms with Crippen molar-refractivity contribution in [2.75, 3.05) is 0 Å². The van der Waals surface area contributed by atoms with Gasteiger partial charge < -0.3 is 4.42 Å². The number of hydrogen-bond acceptors (Lipinski definition) is 4. The molecule has 0 amide bonds. The molecule has 0 spiro atoms. The van der Waals surface area contributed by atoms with Crippen LogP contribution in [-0.4, -0.2) is 21.6 Å². The lowest BCUT2D eigenvalue weighted by atomic mass is 10.2. The van der Waals surface area contributed by atoms with E-state index in [2.05, 4.69) is 15.9 Å². The zero-order valence-electron chi connectivity index (χ0n) is 12.5. The highest BCUT2D eigenvalue weighted by atomic mass is 79.9. The Kier molecular flexibility index (Phi) is 10.8. The molecule has 2 unspecified atom stereocenters. The first kappa shape index (κ1) is 19.4. The molecule has 2 atom stereocenters. The Labute approximate surface area is 134 Å². The van der Waals surface area contributed by atoms with Crippen LogP contribution in [0.1, 0.15) is 46.3 Å². The molecule has 0 aromatic carbocycles. The van der Waals surface area contributed by atoms with Crippen molar-refractivity contribution in [3.05, 3.63) is 24.2 Å². The summed E-state index contributed by atoms with van der Waals surface area (Å²) in [5.41, 5.74) is 0. The zero-order chi connectivity index (χ0) is 15.5. The predicted octanol–water partition coefficient (Wildman–Crippen LogP) is 4.63. The molecule has 0 aliphatic carbocycles. The van der Waals surface area contributed by atoms with Crippen molar-refractivity contribution < 1.29 is 14.0 Å². The van der Waals surface area contributed by atoms with Gasteiger partial charge in [-0.15, -0.1) is 11.8 Å². The highest BCUT2D eigenvalue weighted by Crippen LogP contribution is 2.19. The van der Waals surface area contributed by atoms with E-state index < -0.39 is 0 Å². The number of ketones is 2. The van der Waals surface area contributed by atoms with Gasteiger partial charge in [0.2, 0.25) is 0 Å². The fourth-order valence-electron chi connectivity index (χ4n) is 1.27.